The summed E-state index contributed by atoms with van der Waals surface area (Å²) in [6.45, 7) is 4.00. The van der Waals surface area contributed by atoms with Crippen molar-refractivity contribution in [3.63, 3.8) is 0 Å². The van der Waals surface area contributed by atoms with Gasteiger partial charge < -0.3 is 10.3 Å². The third-order valence-corrected chi connectivity index (χ3v) is 3.76. The number of rotatable bonds is 4. The number of amides is 1. The Bertz CT molecular complexity index is 749. The highest BCUT2D eigenvalue weighted by Gasteiger charge is 2.20. The standard InChI is InChI=1S/C17H17N3O.C2H6/c1-18-17(21)9-13(12-5-3-2-4-6-12)14-11-20-16-7-8-19-10-15(14)16;1-2/h2-8,10-11,13,20H,9H2,1H3,(H,18,21);1-2H3. The van der Waals surface area contributed by atoms with E-state index in [1.807, 2.05) is 50.5 Å². The van der Waals surface area contributed by atoms with Gasteiger partial charge in [-0.1, -0.05) is 44.2 Å². The normalized spacial score (nSPS) is 11.4. The van der Waals surface area contributed by atoms with Crippen LogP contribution in [0.4, 0.5) is 0 Å². The number of H-pyrrole nitrogens is 1. The van der Waals surface area contributed by atoms with E-state index in [2.05, 4.69) is 27.4 Å². The van der Waals surface area contributed by atoms with Crippen molar-refractivity contribution < 1.29 is 4.79 Å². The van der Waals surface area contributed by atoms with Gasteiger partial charge in [-0.05, 0) is 17.2 Å². The van der Waals surface area contributed by atoms with Crippen molar-refractivity contribution in [3.8, 4) is 0 Å². The molecule has 2 N–H and O–H groups in total. The van der Waals surface area contributed by atoms with E-state index in [-0.39, 0.29) is 11.8 Å². The molecule has 0 radical (unpaired) electrons. The van der Waals surface area contributed by atoms with Crippen LogP contribution >= 0.6 is 0 Å². The number of nitrogens with one attached hydrogen (secondary N) is 2. The van der Waals surface area contributed by atoms with Gasteiger partial charge in [-0.15, -0.1) is 0 Å². The lowest BCUT2D eigenvalue weighted by Crippen LogP contribution is -2.21. The van der Waals surface area contributed by atoms with Crippen molar-refractivity contribution in [1.82, 2.24) is 15.3 Å². The minimum absolute atomic E-state index is 0.0177. The number of hydrogen-bond acceptors (Lipinski definition) is 2. The van der Waals surface area contributed by atoms with Crippen molar-refractivity contribution in [2.24, 2.45) is 0 Å². The molecule has 120 valence electrons. The fraction of sp³-hybridized carbons (Fsp3) is 0.263. The van der Waals surface area contributed by atoms with Crippen molar-refractivity contribution in [3.05, 3.63) is 66.1 Å². The lowest BCUT2D eigenvalue weighted by Gasteiger charge is -2.16. The fourth-order valence-corrected chi connectivity index (χ4v) is 2.65. The lowest BCUT2D eigenvalue weighted by atomic mass is 9.88. The summed E-state index contributed by atoms with van der Waals surface area (Å²) in [7, 11) is 1.67. The summed E-state index contributed by atoms with van der Waals surface area (Å²) in [5.41, 5.74) is 3.27. The number of carbonyl (C=O) groups excluding carboxylic acids is 1. The van der Waals surface area contributed by atoms with E-state index in [4.69, 9.17) is 0 Å². The second-order valence-corrected chi connectivity index (χ2v) is 5.01. The van der Waals surface area contributed by atoms with Crippen molar-refractivity contribution >= 4 is 16.8 Å². The maximum Gasteiger partial charge on any atom is 0.220 e. The average molecular weight is 309 g/mol. The van der Waals surface area contributed by atoms with E-state index >= 15 is 0 Å². The van der Waals surface area contributed by atoms with Gasteiger partial charge >= 0.3 is 0 Å². The number of aromatic amines is 1. The van der Waals surface area contributed by atoms with Gasteiger partial charge in [-0.3, -0.25) is 9.78 Å². The molecule has 0 spiro atoms. The Labute approximate surface area is 137 Å². The van der Waals surface area contributed by atoms with Crippen LogP contribution in [0.3, 0.4) is 0 Å². The Balaban J connectivity index is 0.000000924. The SMILES string of the molecule is CC.CNC(=O)CC(c1ccccc1)c1c[nH]c2ccncc12. The number of benzene rings is 1. The molecule has 4 nitrogen and oxygen atoms in total. The summed E-state index contributed by atoms with van der Waals surface area (Å²) < 4.78 is 0. The number of aromatic nitrogens is 2. The molecular weight excluding hydrogens is 286 g/mol. The van der Waals surface area contributed by atoms with Crippen LogP contribution < -0.4 is 5.32 Å². The Kier molecular flexibility index (Phi) is 5.92. The van der Waals surface area contributed by atoms with Crippen LogP contribution in [0.15, 0.2) is 55.0 Å². The molecule has 2 aromatic heterocycles. The van der Waals surface area contributed by atoms with E-state index in [1.165, 1.54) is 0 Å². The highest BCUT2D eigenvalue weighted by atomic mass is 16.1. The van der Waals surface area contributed by atoms with Gasteiger partial charge in [-0.25, -0.2) is 0 Å². The Hall–Kier alpha value is -2.62. The first kappa shape index (κ1) is 16.7. The molecule has 0 saturated heterocycles. The molecule has 23 heavy (non-hydrogen) atoms. The van der Waals surface area contributed by atoms with Gasteiger partial charge in [0, 0.05) is 48.9 Å². The van der Waals surface area contributed by atoms with Crippen LogP contribution in [-0.2, 0) is 4.79 Å². The molecule has 1 atom stereocenters. The van der Waals surface area contributed by atoms with Crippen LogP contribution in [-0.4, -0.2) is 22.9 Å². The topological polar surface area (TPSA) is 57.8 Å². The first-order valence-corrected chi connectivity index (χ1v) is 7.96. The highest BCUT2D eigenvalue weighted by Crippen LogP contribution is 2.32. The van der Waals surface area contributed by atoms with E-state index in [9.17, 15) is 4.79 Å². The molecule has 0 bridgehead atoms. The fourth-order valence-electron chi connectivity index (χ4n) is 2.65. The summed E-state index contributed by atoms with van der Waals surface area (Å²) in [4.78, 5) is 19.3. The van der Waals surface area contributed by atoms with Gasteiger partial charge in [0.05, 0.1) is 0 Å². The molecule has 3 aromatic rings. The smallest absolute Gasteiger partial charge is 0.220 e. The number of nitrogens with zero attached hydrogens (tertiary/aromatic N) is 1. The van der Waals surface area contributed by atoms with Gasteiger partial charge in [0.2, 0.25) is 5.91 Å². The molecule has 0 aliphatic carbocycles. The van der Waals surface area contributed by atoms with Crippen LogP contribution in [0.1, 0.15) is 37.3 Å². The number of carbonyl (C=O) groups is 1. The Morgan fingerprint density at radius 2 is 1.96 bits per heavy atom. The number of pyridine rings is 1. The maximum atomic E-state index is 11.9. The zero-order valence-corrected chi connectivity index (χ0v) is 13.8. The molecule has 1 aromatic carbocycles. The molecule has 0 fully saturated rings. The lowest BCUT2D eigenvalue weighted by molar-refractivity contribution is -0.120. The van der Waals surface area contributed by atoms with Gasteiger partial charge in [-0.2, -0.15) is 0 Å². The monoisotopic (exact) mass is 309 g/mol. The zero-order chi connectivity index (χ0) is 16.7. The van der Waals surface area contributed by atoms with Crippen LogP contribution in [0, 0.1) is 0 Å². The summed E-state index contributed by atoms with van der Waals surface area (Å²) in [5, 5.41) is 3.78. The van der Waals surface area contributed by atoms with Gasteiger partial charge in [0.25, 0.3) is 0 Å². The van der Waals surface area contributed by atoms with E-state index in [0.29, 0.717) is 6.42 Å². The molecule has 3 rings (SSSR count). The minimum Gasteiger partial charge on any atom is -0.361 e. The molecular formula is C19H23N3O. The van der Waals surface area contributed by atoms with Crippen LogP contribution in [0.2, 0.25) is 0 Å². The van der Waals surface area contributed by atoms with Crippen molar-refractivity contribution in [1.29, 1.82) is 0 Å². The van der Waals surface area contributed by atoms with E-state index in [1.54, 1.807) is 13.2 Å². The first-order valence-electron chi connectivity index (χ1n) is 7.96. The van der Waals surface area contributed by atoms with Gasteiger partial charge in [0.15, 0.2) is 0 Å². The zero-order valence-electron chi connectivity index (χ0n) is 13.8. The quantitative estimate of drug-likeness (QED) is 0.769. The largest absolute Gasteiger partial charge is 0.361 e. The molecule has 0 saturated carbocycles. The summed E-state index contributed by atoms with van der Waals surface area (Å²) in [6, 6.07) is 12.0. The predicted octanol–water partition coefficient (Wildman–Crippen LogP) is 3.86. The predicted molar refractivity (Wildman–Crippen MR) is 94.4 cm³/mol. The van der Waals surface area contributed by atoms with E-state index in [0.717, 1.165) is 22.0 Å². The third kappa shape index (κ3) is 3.77. The van der Waals surface area contributed by atoms with E-state index < -0.39 is 0 Å². The number of hydrogen-bond donors (Lipinski definition) is 2. The molecule has 1 unspecified atom stereocenters. The average Bonchev–Trinajstić information content (AvgIpc) is 3.06. The first-order chi connectivity index (χ1) is 11.3. The van der Waals surface area contributed by atoms with Crippen LogP contribution in [0.5, 0.6) is 0 Å². The Morgan fingerprint density at radius 3 is 2.65 bits per heavy atom. The molecule has 4 heteroatoms. The second-order valence-electron chi connectivity index (χ2n) is 5.01. The summed E-state index contributed by atoms with van der Waals surface area (Å²) in [5.74, 6) is 0.0474. The summed E-state index contributed by atoms with van der Waals surface area (Å²) in [6.07, 6.45) is 6.01. The molecule has 0 aliphatic heterocycles. The Morgan fingerprint density at radius 1 is 1.22 bits per heavy atom. The molecule has 1 amide bonds. The highest BCUT2D eigenvalue weighted by molar-refractivity contribution is 5.85. The second kappa shape index (κ2) is 8.13. The maximum absolute atomic E-state index is 11.9. The van der Waals surface area contributed by atoms with Gasteiger partial charge in [0.1, 0.15) is 0 Å². The minimum atomic E-state index is 0.0177. The van der Waals surface area contributed by atoms with Crippen molar-refractivity contribution in [2.45, 2.75) is 26.2 Å². The number of fused-ring (bicyclic) bond motifs is 1. The molecule has 2 heterocycles. The molecule has 0 aliphatic rings. The summed E-state index contributed by atoms with van der Waals surface area (Å²) >= 11 is 0. The third-order valence-electron chi connectivity index (χ3n) is 3.76. The van der Waals surface area contributed by atoms with Crippen molar-refractivity contribution in [2.75, 3.05) is 7.05 Å². The van der Waals surface area contributed by atoms with Crippen LogP contribution in [0.25, 0.3) is 10.9 Å².